The quantitative estimate of drug-likeness (QED) is 0.868. The lowest BCUT2D eigenvalue weighted by molar-refractivity contribution is -0.119. The molecule has 0 radical (unpaired) electrons. The molecule has 3 aliphatic rings. The molecule has 0 spiro atoms. The summed E-state index contributed by atoms with van der Waals surface area (Å²) in [5.41, 5.74) is 1.94. The number of amides is 2. The number of benzene rings is 1. The number of fused-ring (bicyclic) bond motifs is 1. The van der Waals surface area contributed by atoms with Crippen molar-refractivity contribution in [3.63, 3.8) is 0 Å². The Morgan fingerprint density at radius 1 is 1.33 bits per heavy atom. The molecule has 2 aliphatic heterocycles. The number of carbonyl (C=O) groups excluding carboxylic acids is 3. The fraction of sp³-hybridized carbons (Fsp3) is 0.421. The lowest BCUT2D eigenvalue weighted by Gasteiger charge is -2.21. The molecule has 2 atom stereocenters. The predicted molar refractivity (Wildman–Crippen MR) is 96.1 cm³/mol. The van der Waals surface area contributed by atoms with Crippen molar-refractivity contribution in [2.75, 3.05) is 36.0 Å². The maximum atomic E-state index is 14.7. The fourth-order valence-corrected chi connectivity index (χ4v) is 3.86. The minimum atomic E-state index is -0.558. The van der Waals surface area contributed by atoms with Gasteiger partial charge in [-0.3, -0.25) is 14.5 Å². The second-order valence-corrected chi connectivity index (χ2v) is 7.16. The van der Waals surface area contributed by atoms with Crippen molar-refractivity contribution in [3.05, 3.63) is 35.7 Å². The Balaban J connectivity index is 1.46. The molecule has 2 amide bonds. The molecule has 1 unspecified atom stereocenters. The van der Waals surface area contributed by atoms with Gasteiger partial charge < -0.3 is 15.0 Å². The van der Waals surface area contributed by atoms with Crippen molar-refractivity contribution in [3.8, 4) is 0 Å². The van der Waals surface area contributed by atoms with Gasteiger partial charge in [-0.15, -0.1) is 0 Å². The molecule has 2 saturated heterocycles. The fourth-order valence-electron chi connectivity index (χ4n) is 3.86. The highest BCUT2D eigenvalue weighted by Gasteiger charge is 2.36. The van der Waals surface area contributed by atoms with Crippen LogP contribution in [-0.4, -0.2) is 50.1 Å². The Hall–Kier alpha value is -2.90. The summed E-state index contributed by atoms with van der Waals surface area (Å²) in [6.45, 7) is 3.04. The number of hydrogen-bond donors (Lipinski definition) is 1. The second kappa shape index (κ2) is 6.68. The number of nitrogens with zero attached hydrogens (tertiary/aromatic N) is 2. The largest absolute Gasteiger partial charge is 0.442 e. The van der Waals surface area contributed by atoms with Gasteiger partial charge in [-0.2, -0.15) is 0 Å². The molecule has 0 aromatic heterocycles. The van der Waals surface area contributed by atoms with Gasteiger partial charge >= 0.3 is 6.09 Å². The van der Waals surface area contributed by atoms with Gasteiger partial charge in [-0.25, -0.2) is 9.18 Å². The SMILES string of the molecule is CC(=O)NC[C@H]1CN(c2ccc(N3CC4=CC(=O)CC4C3)c(F)c2)C(=O)O1. The minimum absolute atomic E-state index is 0.145. The maximum absolute atomic E-state index is 14.7. The topological polar surface area (TPSA) is 79.0 Å². The summed E-state index contributed by atoms with van der Waals surface area (Å²) in [5, 5.41) is 2.61. The number of anilines is 2. The van der Waals surface area contributed by atoms with Crippen LogP contribution in [0.2, 0.25) is 0 Å². The molecule has 142 valence electrons. The summed E-state index contributed by atoms with van der Waals surface area (Å²) in [5.74, 6) is -0.295. The summed E-state index contributed by atoms with van der Waals surface area (Å²) in [4.78, 5) is 37.8. The van der Waals surface area contributed by atoms with Gasteiger partial charge in [0.15, 0.2) is 5.78 Å². The van der Waals surface area contributed by atoms with Crippen LogP contribution in [0.4, 0.5) is 20.6 Å². The monoisotopic (exact) mass is 373 g/mol. The Bertz CT molecular complexity index is 853. The van der Waals surface area contributed by atoms with Crippen LogP contribution in [0.5, 0.6) is 0 Å². The lowest BCUT2D eigenvalue weighted by Crippen LogP contribution is -2.33. The molecule has 4 rings (SSSR count). The Kier molecular flexibility index (Phi) is 4.33. The molecule has 7 nitrogen and oxygen atoms in total. The zero-order chi connectivity index (χ0) is 19.1. The van der Waals surface area contributed by atoms with E-state index in [1.54, 1.807) is 18.2 Å². The Morgan fingerprint density at radius 3 is 2.85 bits per heavy atom. The first kappa shape index (κ1) is 17.5. The lowest BCUT2D eigenvalue weighted by atomic mass is 10.1. The Morgan fingerprint density at radius 2 is 2.15 bits per heavy atom. The van der Waals surface area contributed by atoms with Crippen LogP contribution in [0.15, 0.2) is 29.8 Å². The number of rotatable bonds is 4. The first-order valence-electron chi connectivity index (χ1n) is 8.91. The van der Waals surface area contributed by atoms with E-state index in [9.17, 15) is 18.8 Å². The summed E-state index contributed by atoms with van der Waals surface area (Å²) in [6, 6.07) is 4.67. The van der Waals surface area contributed by atoms with E-state index in [-0.39, 0.29) is 30.7 Å². The van der Waals surface area contributed by atoms with Crippen molar-refractivity contribution in [1.29, 1.82) is 0 Å². The third-order valence-electron chi connectivity index (χ3n) is 5.17. The highest BCUT2D eigenvalue weighted by molar-refractivity contribution is 5.94. The van der Waals surface area contributed by atoms with E-state index in [0.29, 0.717) is 30.9 Å². The van der Waals surface area contributed by atoms with Crippen molar-refractivity contribution in [1.82, 2.24) is 5.32 Å². The zero-order valence-electron chi connectivity index (χ0n) is 14.9. The van der Waals surface area contributed by atoms with Crippen molar-refractivity contribution >= 4 is 29.2 Å². The van der Waals surface area contributed by atoms with Gasteiger partial charge in [0.25, 0.3) is 0 Å². The van der Waals surface area contributed by atoms with Crippen LogP contribution < -0.4 is 15.1 Å². The van der Waals surface area contributed by atoms with E-state index in [0.717, 1.165) is 5.57 Å². The first-order valence-corrected chi connectivity index (χ1v) is 8.91. The number of hydrogen-bond acceptors (Lipinski definition) is 5. The maximum Gasteiger partial charge on any atom is 0.414 e. The predicted octanol–water partition coefficient (Wildman–Crippen LogP) is 1.62. The summed E-state index contributed by atoms with van der Waals surface area (Å²) in [7, 11) is 0. The van der Waals surface area contributed by atoms with Crippen molar-refractivity contribution < 1.29 is 23.5 Å². The molecule has 0 bridgehead atoms. The van der Waals surface area contributed by atoms with Gasteiger partial charge in [-0.1, -0.05) is 0 Å². The van der Waals surface area contributed by atoms with Gasteiger partial charge in [0, 0.05) is 32.4 Å². The van der Waals surface area contributed by atoms with Crippen LogP contribution >= 0.6 is 0 Å². The van der Waals surface area contributed by atoms with Crippen LogP contribution in [-0.2, 0) is 14.3 Å². The average Bonchev–Trinajstić information content (AvgIpc) is 3.25. The normalized spacial score (nSPS) is 24.1. The van der Waals surface area contributed by atoms with E-state index in [4.69, 9.17) is 4.74 Å². The van der Waals surface area contributed by atoms with Crippen LogP contribution in [0.25, 0.3) is 0 Å². The highest BCUT2D eigenvalue weighted by atomic mass is 19.1. The molecule has 1 N–H and O–H groups in total. The standard InChI is InChI=1S/C19H20FN3O4/c1-11(24)21-7-16-10-23(19(26)27-16)14-2-3-18(17(20)6-14)22-8-12-4-15(25)5-13(12)9-22/h2-4,6,13,16H,5,7-10H2,1H3,(H,21,24)/t13?,16-/m0/s1. The van der Waals surface area contributed by atoms with Crippen LogP contribution in [0.1, 0.15) is 13.3 Å². The molecular formula is C19H20FN3O4. The zero-order valence-corrected chi connectivity index (χ0v) is 14.9. The molecule has 2 heterocycles. The van der Waals surface area contributed by atoms with Crippen LogP contribution in [0, 0.1) is 11.7 Å². The highest BCUT2D eigenvalue weighted by Crippen LogP contribution is 2.36. The third-order valence-corrected chi connectivity index (χ3v) is 5.17. The smallest absolute Gasteiger partial charge is 0.414 e. The first-order chi connectivity index (χ1) is 12.9. The number of ether oxygens (including phenoxy) is 1. The molecule has 1 aromatic carbocycles. The van der Waals surface area contributed by atoms with Gasteiger partial charge in [0.2, 0.25) is 5.91 Å². The third kappa shape index (κ3) is 3.39. The van der Waals surface area contributed by atoms with E-state index in [2.05, 4.69) is 5.32 Å². The average molecular weight is 373 g/mol. The van der Waals surface area contributed by atoms with Crippen molar-refractivity contribution in [2.45, 2.75) is 19.4 Å². The number of carbonyl (C=O) groups is 3. The van der Waals surface area contributed by atoms with Crippen LogP contribution in [0.3, 0.4) is 0 Å². The van der Waals surface area contributed by atoms with Gasteiger partial charge in [-0.05, 0) is 29.8 Å². The number of cyclic esters (lactones) is 1. The minimum Gasteiger partial charge on any atom is -0.442 e. The molecule has 27 heavy (non-hydrogen) atoms. The van der Waals surface area contributed by atoms with E-state index in [1.165, 1.54) is 17.9 Å². The van der Waals surface area contributed by atoms with E-state index >= 15 is 0 Å². The number of nitrogens with one attached hydrogen (secondary N) is 1. The molecular weight excluding hydrogens is 353 g/mol. The molecule has 1 aromatic rings. The number of allylic oxidation sites excluding steroid dienone is 1. The summed E-state index contributed by atoms with van der Waals surface area (Å²) < 4.78 is 19.9. The van der Waals surface area contributed by atoms with Gasteiger partial charge in [0.05, 0.1) is 24.5 Å². The molecule has 1 aliphatic carbocycles. The Labute approximate surface area is 155 Å². The van der Waals surface area contributed by atoms with E-state index in [1.807, 2.05) is 4.90 Å². The summed E-state index contributed by atoms with van der Waals surface area (Å²) in [6.07, 6.45) is 1.15. The van der Waals surface area contributed by atoms with E-state index < -0.39 is 18.0 Å². The summed E-state index contributed by atoms with van der Waals surface area (Å²) >= 11 is 0. The molecule has 0 saturated carbocycles. The molecule has 8 heteroatoms. The number of halogens is 1. The van der Waals surface area contributed by atoms with Gasteiger partial charge in [0.1, 0.15) is 11.9 Å². The number of ketones is 1. The van der Waals surface area contributed by atoms with Crippen molar-refractivity contribution in [2.24, 2.45) is 5.92 Å². The second-order valence-electron chi connectivity index (χ2n) is 7.16. The molecule has 2 fully saturated rings.